The highest BCUT2D eigenvalue weighted by Crippen LogP contribution is 2.34. The van der Waals surface area contributed by atoms with Crippen molar-refractivity contribution in [3.8, 4) is 11.1 Å². The van der Waals surface area contributed by atoms with E-state index in [1.165, 1.54) is 17.9 Å². The molecule has 0 unspecified atom stereocenters. The zero-order valence-electron chi connectivity index (χ0n) is 19.0. The Morgan fingerprint density at radius 1 is 1.21 bits per heavy atom. The van der Waals surface area contributed by atoms with E-state index >= 15 is 0 Å². The Bertz CT molecular complexity index is 1060. The maximum absolute atomic E-state index is 15.0. The first-order valence-corrected chi connectivity index (χ1v) is 11.4. The molecular formula is C24H27FN4O5. The molecule has 5 rings (SSSR count). The highest BCUT2D eigenvalue weighted by atomic mass is 19.1. The zero-order valence-corrected chi connectivity index (χ0v) is 19.0. The summed E-state index contributed by atoms with van der Waals surface area (Å²) in [5.74, 6) is -0.266. The number of carbonyl (C=O) groups excluding carboxylic acids is 2. The standard InChI is InChI=1S/C24H27FN4O5/c1-16(30)26-14-19-15-29(23(31)34-19)18-3-4-20(21(25)12-18)17-2-5-22(27-13-17)28-8-6-24(7-9-28)32-10-11-33-24/h2-5,12-13,19H,6-11,14-15H2,1H3,(H,26,30)/t19-/m0/s1. The number of benzene rings is 1. The van der Waals surface area contributed by atoms with Gasteiger partial charge in [0.25, 0.3) is 0 Å². The number of carbonyl (C=O) groups is 2. The van der Waals surface area contributed by atoms with Crippen molar-refractivity contribution in [3.63, 3.8) is 0 Å². The molecular weight excluding hydrogens is 443 g/mol. The molecule has 0 radical (unpaired) electrons. The van der Waals surface area contributed by atoms with Crippen LogP contribution < -0.4 is 15.1 Å². The SMILES string of the molecule is CC(=O)NC[C@H]1CN(c2ccc(-c3ccc(N4CCC5(CC4)OCCO5)nc3)c(F)c2)C(=O)O1. The lowest BCUT2D eigenvalue weighted by Gasteiger charge is -2.38. The van der Waals surface area contributed by atoms with Gasteiger partial charge in [0.15, 0.2) is 5.79 Å². The lowest BCUT2D eigenvalue weighted by atomic mass is 10.0. The molecule has 2 amide bonds. The van der Waals surface area contributed by atoms with Crippen molar-refractivity contribution < 1.29 is 28.2 Å². The van der Waals surface area contributed by atoms with Gasteiger partial charge in [-0.15, -0.1) is 0 Å². The van der Waals surface area contributed by atoms with Gasteiger partial charge >= 0.3 is 6.09 Å². The Morgan fingerprint density at radius 2 is 1.97 bits per heavy atom. The van der Waals surface area contributed by atoms with E-state index in [4.69, 9.17) is 14.2 Å². The molecule has 3 aliphatic heterocycles. The minimum atomic E-state index is -0.565. The molecule has 3 saturated heterocycles. The summed E-state index contributed by atoms with van der Waals surface area (Å²) in [4.78, 5) is 31.4. The molecule has 3 fully saturated rings. The largest absolute Gasteiger partial charge is 0.442 e. The highest BCUT2D eigenvalue weighted by Gasteiger charge is 2.40. The van der Waals surface area contributed by atoms with Crippen LogP contribution in [0.5, 0.6) is 0 Å². The maximum Gasteiger partial charge on any atom is 0.414 e. The van der Waals surface area contributed by atoms with Gasteiger partial charge in [0, 0.05) is 50.2 Å². The first-order valence-electron chi connectivity index (χ1n) is 11.4. The summed E-state index contributed by atoms with van der Waals surface area (Å²) in [6.07, 6.45) is 2.19. The average Bonchev–Trinajstić information content (AvgIpc) is 3.45. The fraction of sp³-hybridized carbons (Fsp3) is 0.458. The van der Waals surface area contributed by atoms with Gasteiger partial charge in [0.1, 0.15) is 17.7 Å². The Hall–Kier alpha value is -3.24. The van der Waals surface area contributed by atoms with Gasteiger partial charge in [0.05, 0.1) is 32.0 Å². The van der Waals surface area contributed by atoms with Crippen LogP contribution in [0, 0.1) is 5.82 Å². The summed E-state index contributed by atoms with van der Waals surface area (Å²) in [6, 6.07) is 8.37. The molecule has 180 valence electrons. The number of nitrogens with one attached hydrogen (secondary N) is 1. The number of hydrogen-bond donors (Lipinski definition) is 1. The fourth-order valence-corrected chi connectivity index (χ4v) is 4.60. The third kappa shape index (κ3) is 4.55. The van der Waals surface area contributed by atoms with Crippen LogP contribution in [0.4, 0.5) is 20.7 Å². The van der Waals surface area contributed by atoms with Gasteiger partial charge in [0.2, 0.25) is 5.91 Å². The molecule has 0 saturated carbocycles. The van der Waals surface area contributed by atoms with Crippen molar-refractivity contribution in [1.29, 1.82) is 0 Å². The number of nitrogens with zero attached hydrogens (tertiary/aromatic N) is 3. The predicted octanol–water partition coefficient (Wildman–Crippen LogP) is 2.69. The van der Waals surface area contributed by atoms with Crippen molar-refractivity contribution in [2.45, 2.75) is 31.7 Å². The van der Waals surface area contributed by atoms with Crippen LogP contribution >= 0.6 is 0 Å². The molecule has 10 heteroatoms. The van der Waals surface area contributed by atoms with Crippen molar-refractivity contribution in [2.75, 3.05) is 49.2 Å². The fourth-order valence-electron chi connectivity index (χ4n) is 4.60. The lowest BCUT2D eigenvalue weighted by molar-refractivity contribution is -0.169. The Morgan fingerprint density at radius 3 is 2.62 bits per heavy atom. The number of ether oxygens (including phenoxy) is 3. The first kappa shape index (κ1) is 22.5. The van der Waals surface area contributed by atoms with Gasteiger partial charge < -0.3 is 24.4 Å². The normalized spacial score (nSPS) is 21.7. The monoisotopic (exact) mass is 470 g/mol. The number of aromatic nitrogens is 1. The number of hydrogen-bond acceptors (Lipinski definition) is 7. The van der Waals surface area contributed by atoms with E-state index in [9.17, 15) is 14.0 Å². The van der Waals surface area contributed by atoms with Crippen LogP contribution in [-0.4, -0.2) is 68.3 Å². The smallest absolute Gasteiger partial charge is 0.414 e. The van der Waals surface area contributed by atoms with Gasteiger partial charge in [-0.25, -0.2) is 14.2 Å². The van der Waals surface area contributed by atoms with Gasteiger partial charge in [-0.05, 0) is 30.3 Å². The molecule has 34 heavy (non-hydrogen) atoms. The van der Waals surface area contributed by atoms with E-state index in [2.05, 4.69) is 15.2 Å². The van der Waals surface area contributed by atoms with Crippen LogP contribution in [0.2, 0.25) is 0 Å². The summed E-state index contributed by atoms with van der Waals surface area (Å²) < 4.78 is 31.8. The molecule has 3 aliphatic rings. The third-order valence-electron chi connectivity index (χ3n) is 6.44. The number of halogens is 1. The summed E-state index contributed by atoms with van der Waals surface area (Å²) in [6.45, 7) is 4.71. The molecule has 2 aromatic rings. The quantitative estimate of drug-likeness (QED) is 0.718. The van der Waals surface area contributed by atoms with E-state index in [-0.39, 0.29) is 19.0 Å². The molecule has 4 heterocycles. The molecule has 9 nitrogen and oxygen atoms in total. The number of cyclic esters (lactones) is 1. The molecule has 1 spiro atoms. The Balaban J connectivity index is 1.24. The van der Waals surface area contributed by atoms with Crippen molar-refractivity contribution >= 4 is 23.5 Å². The first-order chi connectivity index (χ1) is 16.4. The van der Waals surface area contributed by atoms with Crippen LogP contribution in [0.25, 0.3) is 11.1 Å². The average molecular weight is 471 g/mol. The van der Waals surface area contributed by atoms with E-state index < -0.39 is 23.8 Å². The summed E-state index contributed by atoms with van der Waals surface area (Å²) in [5.41, 5.74) is 1.45. The second-order valence-electron chi connectivity index (χ2n) is 8.72. The van der Waals surface area contributed by atoms with E-state index in [1.54, 1.807) is 18.3 Å². The van der Waals surface area contributed by atoms with Gasteiger partial charge in [-0.2, -0.15) is 0 Å². The van der Waals surface area contributed by atoms with Gasteiger partial charge in [-0.3, -0.25) is 9.69 Å². The number of anilines is 2. The summed E-state index contributed by atoms with van der Waals surface area (Å²) >= 11 is 0. The Kier molecular flexibility index (Phi) is 6.09. The highest BCUT2D eigenvalue weighted by molar-refractivity contribution is 5.90. The van der Waals surface area contributed by atoms with E-state index in [1.807, 2.05) is 12.1 Å². The van der Waals surface area contributed by atoms with Crippen LogP contribution in [-0.2, 0) is 19.0 Å². The minimum Gasteiger partial charge on any atom is -0.442 e. The predicted molar refractivity (Wildman–Crippen MR) is 122 cm³/mol. The van der Waals surface area contributed by atoms with Crippen molar-refractivity contribution in [2.24, 2.45) is 0 Å². The van der Waals surface area contributed by atoms with Crippen molar-refractivity contribution in [3.05, 3.63) is 42.3 Å². The topological polar surface area (TPSA) is 93.2 Å². The van der Waals surface area contributed by atoms with Crippen LogP contribution in [0.15, 0.2) is 36.5 Å². The maximum atomic E-state index is 15.0. The van der Waals surface area contributed by atoms with E-state index in [0.29, 0.717) is 30.0 Å². The minimum absolute atomic E-state index is 0.203. The number of amides is 2. The second-order valence-corrected chi connectivity index (χ2v) is 8.72. The molecule has 1 N–H and O–H groups in total. The van der Waals surface area contributed by atoms with E-state index in [0.717, 1.165) is 31.7 Å². The lowest BCUT2D eigenvalue weighted by Crippen LogP contribution is -2.45. The molecule has 0 aliphatic carbocycles. The molecule has 1 atom stereocenters. The molecule has 1 aromatic heterocycles. The van der Waals surface area contributed by atoms with Gasteiger partial charge in [-0.1, -0.05) is 0 Å². The number of pyridine rings is 1. The molecule has 0 bridgehead atoms. The second kappa shape index (κ2) is 9.19. The summed E-state index contributed by atoms with van der Waals surface area (Å²) in [7, 11) is 0. The number of rotatable bonds is 5. The summed E-state index contributed by atoms with van der Waals surface area (Å²) in [5, 5.41) is 2.62. The zero-order chi connectivity index (χ0) is 23.7. The number of piperidine rings is 1. The van der Waals surface area contributed by atoms with Crippen LogP contribution in [0.1, 0.15) is 19.8 Å². The van der Waals surface area contributed by atoms with Crippen molar-refractivity contribution in [1.82, 2.24) is 10.3 Å². The molecule has 1 aromatic carbocycles. The van der Waals surface area contributed by atoms with Crippen LogP contribution in [0.3, 0.4) is 0 Å². The Labute approximate surface area is 196 Å². The third-order valence-corrected chi connectivity index (χ3v) is 6.44.